The minimum Gasteiger partial charge on any atom is -0.384 e. The zero-order chi connectivity index (χ0) is 11.3. The minimum atomic E-state index is 0.221. The third-order valence-electron chi connectivity index (χ3n) is 2.61. The summed E-state index contributed by atoms with van der Waals surface area (Å²) in [6, 6.07) is 0.320. The molecule has 0 aliphatic carbocycles. The van der Waals surface area contributed by atoms with Gasteiger partial charge in [-0.25, -0.2) is 0 Å². The third kappa shape index (κ3) is 3.28. The van der Waals surface area contributed by atoms with Gasteiger partial charge in [-0.05, 0) is 14.0 Å². The Kier molecular flexibility index (Phi) is 4.71. The van der Waals surface area contributed by atoms with Crippen LogP contribution in [0.1, 0.15) is 31.5 Å². The molecule has 15 heavy (non-hydrogen) atoms. The maximum absolute atomic E-state index is 5.19. The van der Waals surface area contributed by atoms with Crippen LogP contribution in [0.2, 0.25) is 0 Å². The number of ether oxygens (including phenoxy) is 1. The van der Waals surface area contributed by atoms with E-state index in [-0.39, 0.29) is 5.92 Å². The highest BCUT2D eigenvalue weighted by Gasteiger charge is 2.19. The molecule has 1 aromatic rings. The lowest BCUT2D eigenvalue weighted by molar-refractivity contribution is 0.199. The van der Waals surface area contributed by atoms with Crippen molar-refractivity contribution < 1.29 is 9.26 Å². The van der Waals surface area contributed by atoms with Gasteiger partial charge < -0.3 is 14.6 Å². The molecule has 0 saturated heterocycles. The maximum Gasteiger partial charge on any atom is 0.231 e. The first-order valence-electron chi connectivity index (χ1n) is 5.17. The lowest BCUT2D eigenvalue weighted by Crippen LogP contribution is -2.27. The van der Waals surface area contributed by atoms with E-state index in [1.807, 2.05) is 7.05 Å². The summed E-state index contributed by atoms with van der Waals surface area (Å²) >= 11 is 0. The average Bonchev–Trinajstić information content (AvgIpc) is 2.72. The molecule has 1 heterocycles. The summed E-state index contributed by atoms with van der Waals surface area (Å²) in [5, 5.41) is 7.06. The van der Waals surface area contributed by atoms with E-state index < -0.39 is 0 Å². The van der Waals surface area contributed by atoms with E-state index in [1.54, 1.807) is 7.11 Å². The fourth-order valence-corrected chi connectivity index (χ4v) is 1.21. The SMILES string of the molecule is CNC(C)C(C)c1nc(CCOC)no1. The molecular formula is C10H19N3O2. The normalized spacial score (nSPS) is 15.2. The van der Waals surface area contributed by atoms with Crippen LogP contribution in [-0.4, -0.2) is 36.9 Å². The first-order valence-corrected chi connectivity index (χ1v) is 5.17. The van der Waals surface area contributed by atoms with Gasteiger partial charge >= 0.3 is 0 Å². The van der Waals surface area contributed by atoms with Crippen LogP contribution >= 0.6 is 0 Å². The van der Waals surface area contributed by atoms with E-state index >= 15 is 0 Å². The number of likely N-dealkylation sites (N-methyl/N-ethyl adjacent to an activating group) is 1. The van der Waals surface area contributed by atoms with Gasteiger partial charge in [0.25, 0.3) is 0 Å². The Hall–Kier alpha value is -0.940. The highest BCUT2D eigenvalue weighted by atomic mass is 16.5. The van der Waals surface area contributed by atoms with E-state index in [2.05, 4.69) is 29.3 Å². The van der Waals surface area contributed by atoms with Gasteiger partial charge in [0.1, 0.15) is 0 Å². The van der Waals surface area contributed by atoms with Crippen molar-refractivity contribution in [2.75, 3.05) is 20.8 Å². The lowest BCUT2D eigenvalue weighted by Gasteiger charge is -2.14. The van der Waals surface area contributed by atoms with Gasteiger partial charge in [0.15, 0.2) is 5.82 Å². The first-order chi connectivity index (χ1) is 7.19. The van der Waals surface area contributed by atoms with Crippen molar-refractivity contribution in [3.63, 3.8) is 0 Å². The average molecular weight is 213 g/mol. The molecule has 1 rings (SSSR count). The monoisotopic (exact) mass is 213 g/mol. The van der Waals surface area contributed by atoms with Crippen molar-refractivity contribution in [2.24, 2.45) is 0 Å². The number of nitrogens with zero attached hydrogens (tertiary/aromatic N) is 2. The van der Waals surface area contributed by atoms with Crippen molar-refractivity contribution in [3.8, 4) is 0 Å². The molecule has 5 nitrogen and oxygen atoms in total. The zero-order valence-corrected chi connectivity index (χ0v) is 9.78. The van der Waals surface area contributed by atoms with Crippen LogP contribution in [0.5, 0.6) is 0 Å². The Labute approximate surface area is 90.2 Å². The summed E-state index contributed by atoms with van der Waals surface area (Å²) in [7, 11) is 3.58. The molecule has 0 amide bonds. The van der Waals surface area contributed by atoms with Gasteiger partial charge in [-0.3, -0.25) is 0 Å². The smallest absolute Gasteiger partial charge is 0.231 e. The molecule has 0 bridgehead atoms. The number of hydrogen-bond acceptors (Lipinski definition) is 5. The van der Waals surface area contributed by atoms with Gasteiger partial charge in [0.2, 0.25) is 5.89 Å². The van der Waals surface area contributed by atoms with Crippen molar-refractivity contribution in [3.05, 3.63) is 11.7 Å². The summed E-state index contributed by atoms with van der Waals surface area (Å²) < 4.78 is 10.1. The molecule has 1 N–H and O–H groups in total. The van der Waals surface area contributed by atoms with Crippen LogP contribution in [0.25, 0.3) is 0 Å². The Bertz CT molecular complexity index is 288. The highest BCUT2D eigenvalue weighted by Crippen LogP contribution is 2.16. The third-order valence-corrected chi connectivity index (χ3v) is 2.61. The van der Waals surface area contributed by atoms with Gasteiger partial charge in [-0.15, -0.1) is 0 Å². The molecule has 0 aliphatic rings. The quantitative estimate of drug-likeness (QED) is 0.763. The molecule has 5 heteroatoms. The van der Waals surface area contributed by atoms with Crippen molar-refractivity contribution >= 4 is 0 Å². The Morgan fingerprint density at radius 1 is 1.47 bits per heavy atom. The molecule has 2 atom stereocenters. The summed E-state index contributed by atoms with van der Waals surface area (Å²) in [6.45, 7) is 4.77. The predicted molar refractivity (Wildman–Crippen MR) is 56.8 cm³/mol. The van der Waals surface area contributed by atoms with Crippen molar-refractivity contribution in [1.29, 1.82) is 0 Å². The van der Waals surface area contributed by atoms with Crippen LogP contribution in [0.15, 0.2) is 4.52 Å². The number of aromatic nitrogens is 2. The zero-order valence-electron chi connectivity index (χ0n) is 9.78. The molecule has 0 spiro atoms. The van der Waals surface area contributed by atoms with Crippen molar-refractivity contribution in [1.82, 2.24) is 15.5 Å². The van der Waals surface area contributed by atoms with E-state index in [0.717, 1.165) is 0 Å². The molecule has 0 fully saturated rings. The highest BCUT2D eigenvalue weighted by molar-refractivity contribution is 4.96. The predicted octanol–water partition coefficient (Wildman–Crippen LogP) is 0.970. The lowest BCUT2D eigenvalue weighted by atomic mass is 10.0. The maximum atomic E-state index is 5.19. The number of hydrogen-bond donors (Lipinski definition) is 1. The van der Waals surface area contributed by atoms with E-state index in [4.69, 9.17) is 9.26 Å². The van der Waals surface area contributed by atoms with Gasteiger partial charge in [0.05, 0.1) is 12.5 Å². The number of methoxy groups -OCH3 is 1. The Morgan fingerprint density at radius 2 is 2.20 bits per heavy atom. The van der Waals surface area contributed by atoms with Gasteiger partial charge in [0, 0.05) is 19.6 Å². The number of rotatable bonds is 6. The van der Waals surface area contributed by atoms with E-state index in [1.165, 1.54) is 0 Å². The second-order valence-electron chi connectivity index (χ2n) is 3.66. The second-order valence-corrected chi connectivity index (χ2v) is 3.66. The summed E-state index contributed by atoms with van der Waals surface area (Å²) in [5.74, 6) is 1.61. The largest absolute Gasteiger partial charge is 0.384 e. The molecule has 2 unspecified atom stereocenters. The summed E-state index contributed by atoms with van der Waals surface area (Å²) in [5.41, 5.74) is 0. The van der Waals surface area contributed by atoms with Crippen LogP contribution < -0.4 is 5.32 Å². The van der Waals surface area contributed by atoms with E-state index in [0.29, 0.717) is 30.8 Å². The molecule has 0 aromatic carbocycles. The minimum absolute atomic E-state index is 0.221. The fraction of sp³-hybridized carbons (Fsp3) is 0.800. The van der Waals surface area contributed by atoms with E-state index in [9.17, 15) is 0 Å². The topological polar surface area (TPSA) is 60.2 Å². The van der Waals surface area contributed by atoms with Crippen LogP contribution in [0.4, 0.5) is 0 Å². The van der Waals surface area contributed by atoms with Crippen LogP contribution in [-0.2, 0) is 11.2 Å². The van der Waals surface area contributed by atoms with Crippen LogP contribution in [0, 0.1) is 0 Å². The molecular weight excluding hydrogens is 194 g/mol. The molecule has 86 valence electrons. The summed E-state index contributed by atoms with van der Waals surface area (Å²) in [6.07, 6.45) is 0.695. The molecule has 0 saturated carbocycles. The van der Waals surface area contributed by atoms with Gasteiger partial charge in [-0.2, -0.15) is 4.98 Å². The standard InChI is InChI=1S/C10H19N3O2/c1-7(8(2)11-3)10-12-9(13-15-10)5-6-14-4/h7-8,11H,5-6H2,1-4H3. The fourth-order valence-electron chi connectivity index (χ4n) is 1.21. The Morgan fingerprint density at radius 3 is 2.80 bits per heavy atom. The van der Waals surface area contributed by atoms with Crippen molar-refractivity contribution in [2.45, 2.75) is 32.2 Å². The second kappa shape index (κ2) is 5.82. The molecule has 1 aromatic heterocycles. The first kappa shape index (κ1) is 12.1. The van der Waals surface area contributed by atoms with Gasteiger partial charge in [-0.1, -0.05) is 12.1 Å². The molecule has 0 aliphatic heterocycles. The van der Waals surface area contributed by atoms with Crippen LogP contribution in [0.3, 0.4) is 0 Å². The molecule has 0 radical (unpaired) electrons. The Balaban J connectivity index is 2.58. The number of nitrogens with one attached hydrogen (secondary N) is 1. The summed E-state index contributed by atoms with van der Waals surface area (Å²) in [4.78, 5) is 4.32.